The zero-order valence-corrected chi connectivity index (χ0v) is 14.6. The van der Waals surface area contributed by atoms with Gasteiger partial charge in [0.1, 0.15) is 5.82 Å². The van der Waals surface area contributed by atoms with Crippen LogP contribution in [-0.2, 0) is 0 Å². The molecule has 2 aromatic heterocycles. The number of hydrogen-bond acceptors (Lipinski definition) is 4. The molecule has 2 heterocycles. The van der Waals surface area contributed by atoms with Crippen LogP contribution in [0, 0.1) is 12.7 Å². The minimum absolute atomic E-state index is 0.107. The molecular formula is C21H15FN4O. The SMILES string of the molecule is C=Cc1cnc2nc(-c3ccccc3F)n(-c3ccccc3C)c(=O)c2n1. The van der Waals surface area contributed by atoms with Crippen LogP contribution in [0.5, 0.6) is 0 Å². The lowest BCUT2D eigenvalue weighted by Crippen LogP contribution is -2.24. The van der Waals surface area contributed by atoms with E-state index in [4.69, 9.17) is 0 Å². The van der Waals surface area contributed by atoms with Crippen molar-refractivity contribution in [1.29, 1.82) is 0 Å². The Kier molecular flexibility index (Phi) is 4.08. The van der Waals surface area contributed by atoms with Crippen molar-refractivity contribution in [3.63, 3.8) is 0 Å². The van der Waals surface area contributed by atoms with Gasteiger partial charge >= 0.3 is 0 Å². The highest BCUT2D eigenvalue weighted by atomic mass is 19.1. The smallest absolute Gasteiger partial charge is 0.266 e. The van der Waals surface area contributed by atoms with Crippen molar-refractivity contribution >= 4 is 17.2 Å². The molecule has 0 N–H and O–H groups in total. The van der Waals surface area contributed by atoms with Crippen LogP contribution >= 0.6 is 0 Å². The van der Waals surface area contributed by atoms with E-state index in [0.29, 0.717) is 11.4 Å². The fourth-order valence-corrected chi connectivity index (χ4v) is 2.93. The van der Waals surface area contributed by atoms with Crippen LogP contribution in [0.4, 0.5) is 4.39 Å². The monoisotopic (exact) mass is 358 g/mol. The Morgan fingerprint density at radius 3 is 2.56 bits per heavy atom. The van der Waals surface area contributed by atoms with E-state index in [2.05, 4.69) is 21.5 Å². The molecule has 0 unspecified atom stereocenters. The van der Waals surface area contributed by atoms with E-state index in [1.54, 1.807) is 24.3 Å². The molecule has 0 spiro atoms. The molecule has 0 aliphatic carbocycles. The summed E-state index contributed by atoms with van der Waals surface area (Å²) in [4.78, 5) is 26.3. The van der Waals surface area contributed by atoms with Crippen molar-refractivity contribution in [2.75, 3.05) is 0 Å². The summed E-state index contributed by atoms with van der Waals surface area (Å²) in [5.74, 6) is -0.290. The molecule has 6 heteroatoms. The van der Waals surface area contributed by atoms with Gasteiger partial charge in [-0.1, -0.05) is 36.9 Å². The Balaban J connectivity index is 2.18. The molecule has 0 radical (unpaired) electrons. The average molecular weight is 358 g/mol. The molecular weight excluding hydrogens is 343 g/mol. The predicted molar refractivity (Wildman–Crippen MR) is 103 cm³/mol. The maximum absolute atomic E-state index is 14.5. The number of nitrogens with zero attached hydrogens (tertiary/aromatic N) is 4. The van der Waals surface area contributed by atoms with Crippen LogP contribution in [0.3, 0.4) is 0 Å². The lowest BCUT2D eigenvalue weighted by molar-refractivity contribution is 0.629. The highest BCUT2D eigenvalue weighted by Gasteiger charge is 2.19. The Hall–Kier alpha value is -3.67. The van der Waals surface area contributed by atoms with E-state index < -0.39 is 11.4 Å². The van der Waals surface area contributed by atoms with Crippen molar-refractivity contribution in [3.05, 3.63) is 88.7 Å². The molecule has 4 aromatic rings. The van der Waals surface area contributed by atoms with Crippen molar-refractivity contribution in [3.8, 4) is 17.1 Å². The second kappa shape index (κ2) is 6.57. The van der Waals surface area contributed by atoms with Crippen LogP contribution < -0.4 is 5.56 Å². The van der Waals surface area contributed by atoms with E-state index in [-0.39, 0.29) is 22.6 Å². The molecule has 4 rings (SSSR count). The van der Waals surface area contributed by atoms with E-state index in [9.17, 15) is 9.18 Å². The number of aryl methyl sites for hydroxylation is 1. The molecule has 0 amide bonds. The fourth-order valence-electron chi connectivity index (χ4n) is 2.93. The predicted octanol–water partition coefficient (Wildman–Crippen LogP) is 3.93. The second-order valence-electron chi connectivity index (χ2n) is 6.01. The first kappa shape index (κ1) is 16.8. The Morgan fingerprint density at radius 2 is 1.81 bits per heavy atom. The van der Waals surface area contributed by atoms with Crippen LogP contribution in [0.15, 0.2) is 66.1 Å². The minimum atomic E-state index is -0.471. The Morgan fingerprint density at radius 1 is 1.07 bits per heavy atom. The molecule has 2 aromatic carbocycles. The van der Waals surface area contributed by atoms with E-state index in [1.165, 1.54) is 22.9 Å². The molecule has 0 aliphatic heterocycles. The third-order valence-electron chi connectivity index (χ3n) is 4.28. The lowest BCUT2D eigenvalue weighted by atomic mass is 10.1. The quantitative estimate of drug-likeness (QED) is 0.557. The highest BCUT2D eigenvalue weighted by Crippen LogP contribution is 2.25. The first-order valence-corrected chi connectivity index (χ1v) is 8.33. The molecule has 0 fully saturated rings. The zero-order chi connectivity index (χ0) is 19.0. The summed E-state index contributed by atoms with van der Waals surface area (Å²) >= 11 is 0. The topological polar surface area (TPSA) is 60.7 Å². The lowest BCUT2D eigenvalue weighted by Gasteiger charge is -2.15. The van der Waals surface area contributed by atoms with E-state index >= 15 is 0 Å². The third kappa shape index (κ3) is 2.81. The molecule has 0 saturated carbocycles. The number of aromatic nitrogens is 4. The van der Waals surface area contributed by atoms with Crippen molar-refractivity contribution in [2.45, 2.75) is 6.92 Å². The number of para-hydroxylation sites is 1. The Labute approximate surface area is 154 Å². The third-order valence-corrected chi connectivity index (χ3v) is 4.28. The van der Waals surface area contributed by atoms with Gasteiger partial charge < -0.3 is 0 Å². The van der Waals surface area contributed by atoms with Crippen LogP contribution in [0.25, 0.3) is 34.3 Å². The van der Waals surface area contributed by atoms with E-state index in [1.807, 2.05) is 25.1 Å². The average Bonchev–Trinajstić information content (AvgIpc) is 2.69. The summed E-state index contributed by atoms with van der Waals surface area (Å²) in [6.07, 6.45) is 2.99. The van der Waals surface area contributed by atoms with Gasteiger partial charge in [-0.15, -0.1) is 0 Å². The van der Waals surface area contributed by atoms with Crippen molar-refractivity contribution in [2.24, 2.45) is 0 Å². The number of fused-ring (bicyclic) bond motifs is 1. The molecule has 0 aliphatic rings. The Bertz CT molecular complexity index is 1250. The molecule has 0 saturated heterocycles. The number of hydrogen-bond donors (Lipinski definition) is 0. The first-order valence-electron chi connectivity index (χ1n) is 8.33. The molecule has 27 heavy (non-hydrogen) atoms. The normalized spacial score (nSPS) is 10.9. The van der Waals surface area contributed by atoms with Crippen molar-refractivity contribution in [1.82, 2.24) is 19.5 Å². The summed E-state index contributed by atoms with van der Waals surface area (Å²) in [5, 5.41) is 0. The van der Waals surface area contributed by atoms with Gasteiger partial charge in [-0.3, -0.25) is 9.36 Å². The van der Waals surface area contributed by atoms with Gasteiger partial charge in [0, 0.05) is 0 Å². The van der Waals surface area contributed by atoms with Gasteiger partial charge in [0.2, 0.25) is 0 Å². The zero-order valence-electron chi connectivity index (χ0n) is 14.6. The maximum Gasteiger partial charge on any atom is 0.286 e. The van der Waals surface area contributed by atoms with Crippen molar-refractivity contribution < 1.29 is 4.39 Å². The van der Waals surface area contributed by atoms with Gasteiger partial charge in [0.25, 0.3) is 5.56 Å². The standard InChI is InChI=1S/C21H15FN4O/c1-3-14-12-23-19-18(24-14)21(27)26(17-11-7-4-8-13(17)2)20(25-19)15-9-5-6-10-16(15)22/h3-12H,1H2,2H3. The second-order valence-corrected chi connectivity index (χ2v) is 6.01. The van der Waals surface area contributed by atoms with Gasteiger partial charge in [-0.05, 0) is 36.8 Å². The summed E-state index contributed by atoms with van der Waals surface area (Å²) in [7, 11) is 0. The first-order chi connectivity index (χ1) is 13.1. The van der Waals surface area contributed by atoms with Crippen LogP contribution in [0.1, 0.15) is 11.3 Å². The largest absolute Gasteiger partial charge is 0.286 e. The highest BCUT2D eigenvalue weighted by molar-refractivity contribution is 5.74. The number of halogens is 1. The maximum atomic E-state index is 14.5. The van der Waals surface area contributed by atoms with E-state index in [0.717, 1.165) is 5.56 Å². The van der Waals surface area contributed by atoms with Crippen LogP contribution in [-0.4, -0.2) is 19.5 Å². The summed E-state index contributed by atoms with van der Waals surface area (Å²) in [6.45, 7) is 5.54. The van der Waals surface area contributed by atoms with Gasteiger partial charge in [-0.25, -0.2) is 19.3 Å². The molecule has 132 valence electrons. The van der Waals surface area contributed by atoms with Gasteiger partial charge in [0.05, 0.1) is 23.1 Å². The summed E-state index contributed by atoms with van der Waals surface area (Å²) in [6, 6.07) is 13.6. The minimum Gasteiger partial charge on any atom is -0.266 e. The molecule has 5 nitrogen and oxygen atoms in total. The fraction of sp³-hybridized carbons (Fsp3) is 0.0476. The number of rotatable bonds is 3. The van der Waals surface area contributed by atoms with Gasteiger partial charge in [0.15, 0.2) is 17.0 Å². The molecule has 0 bridgehead atoms. The summed E-state index contributed by atoms with van der Waals surface area (Å²) < 4.78 is 15.9. The summed E-state index contributed by atoms with van der Waals surface area (Å²) in [5.41, 5.74) is 2.01. The number of benzene rings is 2. The van der Waals surface area contributed by atoms with Gasteiger partial charge in [-0.2, -0.15) is 0 Å². The molecule has 0 atom stereocenters. The van der Waals surface area contributed by atoms with Crippen LogP contribution in [0.2, 0.25) is 0 Å².